The molecule has 0 bridgehead atoms. The van der Waals surface area contributed by atoms with Gasteiger partial charge in [0.15, 0.2) is 0 Å². The Morgan fingerprint density at radius 3 is 2.95 bits per heavy atom. The van der Waals surface area contributed by atoms with Crippen LogP contribution in [-0.4, -0.2) is 49.8 Å². The number of rotatable bonds is 3. The lowest BCUT2D eigenvalue weighted by atomic mass is 10.0. The molecule has 7 heteroatoms. The SMILES string of the molecule is CON=CC(=O)N1CCc2c(Br)cnc(N(C)C)c2C1. The molecular formula is C13H17BrN4O2. The number of oxime groups is 1. The molecule has 0 fully saturated rings. The van der Waals surface area contributed by atoms with Crippen LogP contribution in [0.2, 0.25) is 0 Å². The fourth-order valence-corrected chi connectivity index (χ4v) is 2.80. The summed E-state index contributed by atoms with van der Waals surface area (Å²) in [5, 5.41) is 3.53. The Bertz CT molecular complexity index is 545. The lowest BCUT2D eigenvalue weighted by molar-refractivity contribution is -0.124. The Morgan fingerprint density at radius 1 is 1.55 bits per heavy atom. The van der Waals surface area contributed by atoms with Gasteiger partial charge < -0.3 is 14.6 Å². The summed E-state index contributed by atoms with van der Waals surface area (Å²) in [5.41, 5.74) is 2.30. The van der Waals surface area contributed by atoms with Gasteiger partial charge in [-0.15, -0.1) is 0 Å². The first kappa shape index (κ1) is 14.8. The van der Waals surface area contributed by atoms with E-state index in [-0.39, 0.29) is 5.91 Å². The number of halogens is 1. The van der Waals surface area contributed by atoms with Crippen LogP contribution < -0.4 is 4.90 Å². The second kappa shape index (κ2) is 6.21. The van der Waals surface area contributed by atoms with E-state index in [0.29, 0.717) is 13.1 Å². The number of pyridine rings is 1. The van der Waals surface area contributed by atoms with Crippen molar-refractivity contribution in [2.75, 3.05) is 32.6 Å². The lowest BCUT2D eigenvalue weighted by Crippen LogP contribution is -2.37. The quantitative estimate of drug-likeness (QED) is 0.616. The topological polar surface area (TPSA) is 58.0 Å². The minimum atomic E-state index is -0.151. The highest BCUT2D eigenvalue weighted by Gasteiger charge is 2.25. The van der Waals surface area contributed by atoms with E-state index < -0.39 is 0 Å². The third-order valence-electron chi connectivity index (χ3n) is 3.21. The monoisotopic (exact) mass is 340 g/mol. The fraction of sp³-hybridized carbons (Fsp3) is 0.462. The smallest absolute Gasteiger partial charge is 0.268 e. The molecular weight excluding hydrogens is 324 g/mol. The molecule has 0 unspecified atom stereocenters. The summed E-state index contributed by atoms with van der Waals surface area (Å²) in [6.45, 7) is 1.20. The Balaban J connectivity index is 2.30. The van der Waals surface area contributed by atoms with E-state index in [1.807, 2.05) is 25.2 Å². The summed E-state index contributed by atoms with van der Waals surface area (Å²) in [6, 6.07) is 0. The zero-order valence-electron chi connectivity index (χ0n) is 11.8. The number of aromatic nitrogens is 1. The van der Waals surface area contributed by atoms with Crippen LogP contribution in [0.4, 0.5) is 5.82 Å². The third kappa shape index (κ3) is 2.92. The van der Waals surface area contributed by atoms with Crippen molar-refractivity contribution in [3.05, 3.63) is 21.8 Å². The molecule has 0 saturated heterocycles. The highest BCUT2D eigenvalue weighted by atomic mass is 79.9. The summed E-state index contributed by atoms with van der Waals surface area (Å²) in [7, 11) is 5.31. The van der Waals surface area contributed by atoms with E-state index in [1.54, 1.807) is 4.90 Å². The van der Waals surface area contributed by atoms with Crippen molar-refractivity contribution in [1.82, 2.24) is 9.88 Å². The van der Waals surface area contributed by atoms with Gasteiger partial charge in [-0.1, -0.05) is 5.16 Å². The van der Waals surface area contributed by atoms with Crippen molar-refractivity contribution in [3.63, 3.8) is 0 Å². The fourth-order valence-electron chi connectivity index (χ4n) is 2.26. The van der Waals surface area contributed by atoms with Crippen LogP contribution in [0.5, 0.6) is 0 Å². The van der Waals surface area contributed by atoms with Crippen LogP contribution >= 0.6 is 15.9 Å². The molecule has 0 spiro atoms. The molecule has 108 valence electrons. The van der Waals surface area contributed by atoms with Gasteiger partial charge in [-0.25, -0.2) is 4.98 Å². The molecule has 1 aromatic rings. The van der Waals surface area contributed by atoms with E-state index in [4.69, 9.17) is 0 Å². The van der Waals surface area contributed by atoms with E-state index in [1.165, 1.54) is 18.9 Å². The molecule has 1 aliphatic heterocycles. The highest BCUT2D eigenvalue weighted by molar-refractivity contribution is 9.10. The van der Waals surface area contributed by atoms with Crippen LogP contribution in [0.3, 0.4) is 0 Å². The zero-order chi connectivity index (χ0) is 14.7. The number of anilines is 1. The van der Waals surface area contributed by atoms with Crippen LogP contribution in [0.25, 0.3) is 0 Å². The molecule has 2 heterocycles. The normalized spacial score (nSPS) is 14.3. The molecule has 1 aromatic heterocycles. The standard InChI is InChI=1S/C13H17BrN4O2/c1-17(2)13-10-8-18(12(19)7-16-20-3)5-4-9(10)11(14)6-15-13/h6-7H,4-5,8H2,1-3H3. The first-order valence-electron chi connectivity index (χ1n) is 6.23. The zero-order valence-corrected chi connectivity index (χ0v) is 13.3. The van der Waals surface area contributed by atoms with E-state index in [9.17, 15) is 4.79 Å². The molecule has 0 aromatic carbocycles. The molecule has 6 nitrogen and oxygen atoms in total. The second-order valence-electron chi connectivity index (χ2n) is 4.71. The molecule has 1 aliphatic rings. The first-order valence-corrected chi connectivity index (χ1v) is 7.03. The Hall–Kier alpha value is -1.63. The number of hydrogen-bond acceptors (Lipinski definition) is 5. The molecule has 0 radical (unpaired) electrons. The molecule has 2 rings (SSSR count). The average Bonchev–Trinajstić information content (AvgIpc) is 2.44. The first-order chi connectivity index (χ1) is 9.54. The largest absolute Gasteiger partial charge is 0.399 e. The maximum atomic E-state index is 12.0. The minimum Gasteiger partial charge on any atom is -0.399 e. The Kier molecular flexibility index (Phi) is 4.59. The van der Waals surface area contributed by atoms with Crippen LogP contribution in [0.1, 0.15) is 11.1 Å². The molecule has 0 saturated carbocycles. The van der Waals surface area contributed by atoms with E-state index in [0.717, 1.165) is 22.3 Å². The van der Waals surface area contributed by atoms with Gasteiger partial charge in [-0.3, -0.25) is 4.79 Å². The summed E-state index contributed by atoms with van der Waals surface area (Å²) >= 11 is 3.53. The van der Waals surface area contributed by atoms with Gasteiger partial charge in [0.2, 0.25) is 0 Å². The predicted molar refractivity (Wildman–Crippen MR) is 80.9 cm³/mol. The van der Waals surface area contributed by atoms with Crippen molar-refractivity contribution in [1.29, 1.82) is 0 Å². The maximum absolute atomic E-state index is 12.0. The molecule has 20 heavy (non-hydrogen) atoms. The second-order valence-corrected chi connectivity index (χ2v) is 5.56. The number of nitrogens with zero attached hydrogens (tertiary/aromatic N) is 4. The maximum Gasteiger partial charge on any atom is 0.268 e. The molecule has 0 aliphatic carbocycles. The van der Waals surface area contributed by atoms with E-state index in [2.05, 4.69) is 30.9 Å². The van der Waals surface area contributed by atoms with Gasteiger partial charge in [0, 0.05) is 43.4 Å². The van der Waals surface area contributed by atoms with E-state index >= 15 is 0 Å². The average molecular weight is 341 g/mol. The number of hydrogen-bond donors (Lipinski definition) is 0. The van der Waals surface area contributed by atoms with Gasteiger partial charge in [0.1, 0.15) is 19.1 Å². The Labute approximate surface area is 126 Å². The van der Waals surface area contributed by atoms with Crippen LogP contribution in [0, 0.1) is 0 Å². The molecule has 1 amide bonds. The van der Waals surface area contributed by atoms with Gasteiger partial charge in [0.25, 0.3) is 5.91 Å². The van der Waals surface area contributed by atoms with Gasteiger partial charge in [-0.05, 0) is 27.9 Å². The van der Waals surface area contributed by atoms with Crippen LogP contribution in [-0.2, 0) is 22.6 Å². The third-order valence-corrected chi connectivity index (χ3v) is 3.89. The number of amides is 1. The van der Waals surface area contributed by atoms with Crippen molar-refractivity contribution in [3.8, 4) is 0 Å². The minimum absolute atomic E-state index is 0.151. The summed E-state index contributed by atoms with van der Waals surface area (Å²) in [5.74, 6) is 0.742. The van der Waals surface area contributed by atoms with Gasteiger partial charge >= 0.3 is 0 Å². The summed E-state index contributed by atoms with van der Waals surface area (Å²) < 4.78 is 0.996. The van der Waals surface area contributed by atoms with Gasteiger partial charge in [-0.2, -0.15) is 0 Å². The van der Waals surface area contributed by atoms with Crippen molar-refractivity contribution < 1.29 is 9.63 Å². The summed E-state index contributed by atoms with van der Waals surface area (Å²) in [6.07, 6.45) is 3.82. The number of carbonyl (C=O) groups is 1. The predicted octanol–water partition coefficient (Wildman–Crippen LogP) is 1.43. The van der Waals surface area contributed by atoms with Crippen molar-refractivity contribution in [2.45, 2.75) is 13.0 Å². The highest BCUT2D eigenvalue weighted by Crippen LogP contribution is 2.31. The van der Waals surface area contributed by atoms with Crippen molar-refractivity contribution >= 4 is 33.9 Å². The molecule has 0 N–H and O–H groups in total. The lowest BCUT2D eigenvalue weighted by Gasteiger charge is -2.31. The van der Waals surface area contributed by atoms with Gasteiger partial charge in [0.05, 0.1) is 0 Å². The summed E-state index contributed by atoms with van der Waals surface area (Å²) in [4.78, 5) is 24.7. The van der Waals surface area contributed by atoms with Crippen molar-refractivity contribution in [2.24, 2.45) is 5.16 Å². The van der Waals surface area contributed by atoms with Crippen LogP contribution in [0.15, 0.2) is 15.8 Å². The number of carbonyl (C=O) groups excluding carboxylic acids is 1. The molecule has 0 atom stereocenters. The Morgan fingerprint density at radius 2 is 2.30 bits per heavy atom. The number of fused-ring (bicyclic) bond motifs is 1.